The van der Waals surface area contributed by atoms with Gasteiger partial charge in [0.1, 0.15) is 17.4 Å². The van der Waals surface area contributed by atoms with Crippen LogP contribution in [0.5, 0.6) is 11.5 Å². The fraction of sp³-hybridized carbons (Fsp3) is 0.520. The Morgan fingerprint density at radius 2 is 1.46 bits per heavy atom. The van der Waals surface area contributed by atoms with E-state index in [1.54, 1.807) is 22.8 Å². The second kappa shape index (κ2) is 13.4. The van der Waals surface area contributed by atoms with Crippen LogP contribution in [-0.2, 0) is 4.79 Å². The zero-order valence-corrected chi connectivity index (χ0v) is 22.9. The van der Waals surface area contributed by atoms with Crippen LogP contribution in [0.15, 0.2) is 25.7 Å². The Bertz CT molecular complexity index is 1040. The summed E-state index contributed by atoms with van der Waals surface area (Å²) in [4.78, 5) is 42.3. The van der Waals surface area contributed by atoms with E-state index in [0.29, 0.717) is 63.7 Å². The Labute approximate surface area is 216 Å². The zero-order chi connectivity index (χ0) is 26.1. The third kappa shape index (κ3) is 6.73. The molecule has 0 saturated heterocycles. The molecule has 1 aromatic carbocycles. The fourth-order valence-electron chi connectivity index (χ4n) is 3.38. The molecule has 10 heteroatoms. The van der Waals surface area contributed by atoms with E-state index >= 15 is 0 Å². The highest BCUT2D eigenvalue weighted by atomic mass is 32.2. The van der Waals surface area contributed by atoms with E-state index < -0.39 is 12.2 Å². The number of ether oxygens (including phenoxy) is 2. The predicted molar refractivity (Wildman–Crippen MR) is 138 cm³/mol. The number of carbonyl (C=O) groups excluding carboxylic acids is 3. The van der Waals surface area contributed by atoms with Crippen molar-refractivity contribution in [1.82, 2.24) is 9.80 Å². The first kappa shape index (κ1) is 28.6. The van der Waals surface area contributed by atoms with Crippen molar-refractivity contribution in [3.63, 3.8) is 0 Å². The molecule has 0 bridgehead atoms. The number of amides is 2. The molecule has 35 heavy (non-hydrogen) atoms. The highest BCUT2D eigenvalue weighted by molar-refractivity contribution is 8.24. The number of aryl methyl sites for hydroxylation is 1. The number of carbonyl (C=O) groups is 3. The average Bonchev–Trinajstić information content (AvgIpc) is 3.27. The number of Topliss-reactive ketones (excluding diaryl/α,β-unsaturated/α-hetero) is 1. The molecule has 0 atom stereocenters. The molecule has 0 saturated carbocycles. The molecule has 0 aromatic heterocycles. The lowest BCUT2D eigenvalue weighted by atomic mass is 10.1. The standard InChI is InChI=1S/C25H33N3O5S2/c1-7-12-13-18(29)17(15-26)23-34-21-19(32-24(30)27(8-2)9-3)14-16(6)20(22(21)35-23)33-25(31)28(10-4)11-5/h14H,7-13H2,1-6H3/b23-17+. The Kier molecular flexibility index (Phi) is 11.0. The minimum absolute atomic E-state index is 0.0735. The lowest BCUT2D eigenvalue weighted by molar-refractivity contribution is -0.115. The number of fused-ring (bicyclic) bond motifs is 1. The van der Waals surface area contributed by atoms with E-state index in [9.17, 15) is 19.6 Å². The molecule has 0 unspecified atom stereocenters. The van der Waals surface area contributed by atoms with Gasteiger partial charge in [-0.05, 0) is 52.7 Å². The third-order valence-corrected chi connectivity index (χ3v) is 8.12. The van der Waals surface area contributed by atoms with Gasteiger partial charge in [-0.15, -0.1) is 0 Å². The SMILES string of the molecule is CCCCC(=O)/C(C#N)=C1\Sc2c(OC(=O)N(CC)CC)cc(C)c(OC(=O)N(CC)CC)c2S1. The molecule has 1 heterocycles. The van der Waals surface area contributed by atoms with Crippen LogP contribution in [-0.4, -0.2) is 53.9 Å². The monoisotopic (exact) mass is 519 g/mol. The predicted octanol–water partition coefficient (Wildman–Crippen LogP) is 6.37. The minimum Gasteiger partial charge on any atom is -0.409 e. The normalized spacial score (nSPS) is 13.5. The number of rotatable bonds is 10. The Morgan fingerprint density at radius 1 is 0.914 bits per heavy atom. The number of thioether (sulfide) groups is 2. The molecule has 0 radical (unpaired) electrons. The van der Waals surface area contributed by atoms with Crippen LogP contribution in [0, 0.1) is 18.3 Å². The van der Waals surface area contributed by atoms with Gasteiger partial charge in [-0.25, -0.2) is 9.59 Å². The highest BCUT2D eigenvalue weighted by Gasteiger charge is 2.33. The number of unbranched alkanes of at least 4 members (excludes halogenated alkanes) is 1. The molecule has 0 spiro atoms. The van der Waals surface area contributed by atoms with E-state index in [1.807, 2.05) is 34.6 Å². The van der Waals surface area contributed by atoms with Crippen LogP contribution in [0.4, 0.5) is 9.59 Å². The molecule has 190 valence electrons. The van der Waals surface area contributed by atoms with E-state index in [0.717, 1.165) is 6.42 Å². The molecule has 0 N–H and O–H groups in total. The van der Waals surface area contributed by atoms with Crippen LogP contribution in [0.2, 0.25) is 0 Å². The maximum atomic E-state index is 12.7. The van der Waals surface area contributed by atoms with Crippen molar-refractivity contribution >= 4 is 41.5 Å². The summed E-state index contributed by atoms with van der Waals surface area (Å²) >= 11 is 2.39. The van der Waals surface area contributed by atoms with Crippen LogP contribution in [0.25, 0.3) is 0 Å². The summed E-state index contributed by atoms with van der Waals surface area (Å²) in [5, 5.41) is 9.75. The Hall–Kier alpha value is -2.64. The topological polar surface area (TPSA) is 99.9 Å². The summed E-state index contributed by atoms with van der Waals surface area (Å²) in [6.45, 7) is 13.2. The van der Waals surface area contributed by atoms with Crippen molar-refractivity contribution < 1.29 is 23.9 Å². The van der Waals surface area contributed by atoms with E-state index in [2.05, 4.69) is 6.07 Å². The number of hydrogen-bond donors (Lipinski definition) is 0. The second-order valence-corrected chi connectivity index (χ2v) is 10.1. The first-order valence-corrected chi connectivity index (χ1v) is 13.5. The first-order valence-electron chi connectivity index (χ1n) is 11.9. The van der Waals surface area contributed by atoms with Gasteiger partial charge in [-0.1, -0.05) is 36.9 Å². The number of hydrogen-bond acceptors (Lipinski definition) is 8. The summed E-state index contributed by atoms with van der Waals surface area (Å²) in [7, 11) is 0. The summed E-state index contributed by atoms with van der Waals surface area (Å²) in [5.74, 6) is 0.422. The van der Waals surface area contributed by atoms with Gasteiger partial charge in [-0.3, -0.25) is 4.79 Å². The number of ketones is 1. The first-order chi connectivity index (χ1) is 16.8. The maximum absolute atomic E-state index is 12.7. The molecule has 2 rings (SSSR count). The van der Waals surface area contributed by atoms with Gasteiger partial charge >= 0.3 is 12.2 Å². The van der Waals surface area contributed by atoms with E-state index in [4.69, 9.17) is 9.47 Å². The van der Waals surface area contributed by atoms with Crippen LogP contribution >= 0.6 is 23.5 Å². The molecule has 1 aliphatic rings. The fourth-order valence-corrected chi connectivity index (χ4v) is 6.07. The van der Waals surface area contributed by atoms with Crippen LogP contribution in [0.3, 0.4) is 0 Å². The molecule has 1 aliphatic heterocycles. The third-order valence-electron chi connectivity index (χ3n) is 5.51. The maximum Gasteiger partial charge on any atom is 0.415 e. The van der Waals surface area contributed by atoms with Crippen molar-refractivity contribution in [2.24, 2.45) is 0 Å². The summed E-state index contributed by atoms with van der Waals surface area (Å²) in [6, 6.07) is 3.71. The van der Waals surface area contributed by atoms with Gasteiger partial charge in [0.2, 0.25) is 0 Å². The van der Waals surface area contributed by atoms with Gasteiger partial charge in [-0.2, -0.15) is 5.26 Å². The van der Waals surface area contributed by atoms with Gasteiger partial charge in [0.15, 0.2) is 11.5 Å². The molecule has 0 aliphatic carbocycles. The molecule has 8 nitrogen and oxygen atoms in total. The number of nitriles is 1. The van der Waals surface area contributed by atoms with Gasteiger partial charge in [0, 0.05) is 32.6 Å². The Balaban J connectivity index is 2.57. The average molecular weight is 520 g/mol. The highest BCUT2D eigenvalue weighted by Crippen LogP contribution is 2.60. The smallest absolute Gasteiger partial charge is 0.409 e. The summed E-state index contributed by atoms with van der Waals surface area (Å²) in [5.41, 5.74) is 0.682. The van der Waals surface area contributed by atoms with Crippen molar-refractivity contribution in [1.29, 1.82) is 5.26 Å². The molecule has 1 aromatic rings. The van der Waals surface area contributed by atoms with E-state index in [-0.39, 0.29) is 17.8 Å². The lowest BCUT2D eigenvalue weighted by Gasteiger charge is -2.21. The van der Waals surface area contributed by atoms with Crippen LogP contribution < -0.4 is 9.47 Å². The molecule has 2 amide bonds. The Morgan fingerprint density at radius 3 is 1.97 bits per heavy atom. The minimum atomic E-state index is -0.493. The number of benzene rings is 1. The molecular weight excluding hydrogens is 486 g/mol. The largest absolute Gasteiger partial charge is 0.415 e. The van der Waals surface area contributed by atoms with Gasteiger partial charge < -0.3 is 19.3 Å². The van der Waals surface area contributed by atoms with Crippen molar-refractivity contribution in [2.75, 3.05) is 26.2 Å². The summed E-state index contributed by atoms with van der Waals surface area (Å²) in [6.07, 6.45) is 0.837. The number of nitrogens with zero attached hydrogens (tertiary/aromatic N) is 3. The van der Waals surface area contributed by atoms with Crippen LogP contribution in [0.1, 0.15) is 59.4 Å². The quantitative estimate of drug-likeness (QED) is 0.260. The van der Waals surface area contributed by atoms with Crippen molar-refractivity contribution in [3.05, 3.63) is 21.4 Å². The summed E-state index contributed by atoms with van der Waals surface area (Å²) < 4.78 is 12.0. The number of allylic oxidation sites excluding steroid dienone is 1. The second-order valence-electron chi connectivity index (χ2n) is 7.76. The molecular formula is C25H33N3O5S2. The molecule has 0 fully saturated rings. The van der Waals surface area contributed by atoms with E-state index in [1.165, 1.54) is 23.5 Å². The lowest BCUT2D eigenvalue weighted by Crippen LogP contribution is -2.33. The van der Waals surface area contributed by atoms with Gasteiger partial charge in [0.25, 0.3) is 0 Å². The van der Waals surface area contributed by atoms with Crippen molar-refractivity contribution in [2.45, 2.75) is 70.6 Å². The van der Waals surface area contributed by atoms with Crippen molar-refractivity contribution in [3.8, 4) is 17.6 Å². The van der Waals surface area contributed by atoms with Gasteiger partial charge in [0.05, 0.1) is 14.0 Å². The zero-order valence-electron chi connectivity index (χ0n) is 21.2.